The Morgan fingerprint density at radius 3 is 1.27 bits per heavy atom. The van der Waals surface area contributed by atoms with Gasteiger partial charge in [0.2, 0.25) is 0 Å². The first-order valence-corrected chi connectivity index (χ1v) is 11.4. The Bertz CT molecular complexity index is 512. The summed E-state index contributed by atoms with van der Waals surface area (Å²) in [4.78, 5) is 23.1. The standard InChI is InChI=1S/C14H28O10P2/c1-6-21-25(19,22-7-2)11(26(20,23-8-3)24-9-4)10-14(5,12(15)16)13(17)18/h11H,6-10H2,1-5H3,(H,15,16)(H,17,18). The van der Waals surface area contributed by atoms with Gasteiger partial charge in [-0.15, -0.1) is 0 Å². The average Bonchev–Trinajstić information content (AvgIpc) is 2.52. The summed E-state index contributed by atoms with van der Waals surface area (Å²) in [6.07, 6.45) is -0.827. The number of carboxylic acids is 2. The summed E-state index contributed by atoms with van der Waals surface area (Å²) in [5.41, 5.74) is -2.40. The van der Waals surface area contributed by atoms with E-state index in [0.717, 1.165) is 6.92 Å². The zero-order chi connectivity index (χ0) is 20.6. The second kappa shape index (κ2) is 10.5. The molecule has 10 nitrogen and oxygen atoms in total. The molecule has 12 heteroatoms. The molecule has 0 heterocycles. The van der Waals surface area contributed by atoms with Crippen molar-refractivity contribution in [1.82, 2.24) is 0 Å². The smallest absolute Gasteiger partial charge is 0.345 e. The van der Waals surface area contributed by atoms with Gasteiger partial charge >= 0.3 is 27.1 Å². The van der Waals surface area contributed by atoms with Gasteiger partial charge in [-0.3, -0.25) is 18.7 Å². The minimum atomic E-state index is -4.23. The fourth-order valence-corrected chi connectivity index (χ4v) is 7.81. The highest BCUT2D eigenvalue weighted by atomic mass is 31.2. The van der Waals surface area contributed by atoms with Crippen LogP contribution in [0.25, 0.3) is 0 Å². The highest BCUT2D eigenvalue weighted by Crippen LogP contribution is 2.72. The molecule has 0 spiro atoms. The third kappa shape index (κ3) is 5.87. The normalized spacial score (nSPS) is 13.2. The van der Waals surface area contributed by atoms with E-state index in [0.29, 0.717) is 0 Å². The molecule has 0 rings (SSSR count). The number of hydrogen-bond acceptors (Lipinski definition) is 8. The number of carboxylic acid groups (broad SMARTS) is 2. The number of aliphatic carboxylic acids is 2. The molecule has 0 aliphatic rings. The minimum Gasteiger partial charge on any atom is -0.480 e. The van der Waals surface area contributed by atoms with Crippen molar-refractivity contribution < 1.29 is 47.0 Å². The monoisotopic (exact) mass is 418 g/mol. The van der Waals surface area contributed by atoms with Crippen molar-refractivity contribution >= 4 is 27.1 Å². The molecule has 0 aliphatic heterocycles. The topological polar surface area (TPSA) is 146 Å². The molecule has 154 valence electrons. The van der Waals surface area contributed by atoms with Crippen LogP contribution in [0.15, 0.2) is 0 Å². The summed E-state index contributed by atoms with van der Waals surface area (Å²) in [6.45, 7) is 6.61. The maximum absolute atomic E-state index is 13.3. The van der Waals surface area contributed by atoms with Crippen molar-refractivity contribution in [1.29, 1.82) is 0 Å². The van der Waals surface area contributed by atoms with Crippen molar-refractivity contribution in [3.63, 3.8) is 0 Å². The Kier molecular flexibility index (Phi) is 10.2. The fraction of sp³-hybridized carbons (Fsp3) is 0.857. The van der Waals surface area contributed by atoms with Gasteiger partial charge in [0.1, 0.15) is 0 Å². The number of rotatable bonds is 14. The SMILES string of the molecule is CCOP(=O)(OCC)C(CC(C)(C(=O)O)C(=O)O)P(=O)(OCC)OCC. The summed E-state index contributed by atoms with van der Waals surface area (Å²) in [5, 5.41) is 17.0. The molecule has 0 aromatic heterocycles. The van der Waals surface area contributed by atoms with E-state index in [2.05, 4.69) is 0 Å². The predicted octanol–water partition coefficient (Wildman–Crippen LogP) is 3.41. The molecule has 0 radical (unpaired) electrons. The molecule has 0 aromatic rings. The Morgan fingerprint density at radius 2 is 1.08 bits per heavy atom. The van der Waals surface area contributed by atoms with Crippen LogP contribution in [-0.4, -0.2) is 54.0 Å². The molecule has 0 aliphatic carbocycles. The van der Waals surface area contributed by atoms with Crippen molar-refractivity contribution in [2.75, 3.05) is 26.4 Å². The summed E-state index contributed by atoms with van der Waals surface area (Å²) in [6, 6.07) is 0. The maximum atomic E-state index is 13.3. The first-order chi connectivity index (χ1) is 12.0. The zero-order valence-electron chi connectivity index (χ0n) is 15.7. The first-order valence-electron chi connectivity index (χ1n) is 8.21. The Morgan fingerprint density at radius 1 is 0.808 bits per heavy atom. The van der Waals surface area contributed by atoms with Crippen LogP contribution in [0, 0.1) is 5.41 Å². The summed E-state index contributed by atoms with van der Waals surface area (Å²) in [7, 11) is -8.45. The lowest BCUT2D eigenvalue weighted by Crippen LogP contribution is -2.40. The fourth-order valence-electron chi connectivity index (χ4n) is 2.17. The molecule has 0 unspecified atom stereocenters. The van der Waals surface area contributed by atoms with Gasteiger partial charge in [-0.05, 0) is 41.0 Å². The second-order valence-corrected chi connectivity index (χ2v) is 10.2. The van der Waals surface area contributed by atoms with E-state index in [4.69, 9.17) is 18.1 Å². The highest BCUT2D eigenvalue weighted by molar-refractivity contribution is 7.72. The van der Waals surface area contributed by atoms with Crippen molar-refractivity contribution in [3.05, 3.63) is 0 Å². The Hall–Kier alpha value is -0.760. The highest BCUT2D eigenvalue weighted by Gasteiger charge is 2.57. The molecular formula is C14H28O10P2. The van der Waals surface area contributed by atoms with Gasteiger partial charge in [-0.1, -0.05) is 0 Å². The summed E-state index contributed by atoms with van der Waals surface area (Å²) in [5.74, 6) is -3.37. The van der Waals surface area contributed by atoms with Gasteiger partial charge in [0, 0.05) is 0 Å². The predicted molar refractivity (Wildman–Crippen MR) is 93.5 cm³/mol. The summed E-state index contributed by atoms with van der Waals surface area (Å²) >= 11 is 0. The first kappa shape index (κ1) is 25.2. The molecule has 26 heavy (non-hydrogen) atoms. The van der Waals surface area contributed by atoms with Gasteiger partial charge < -0.3 is 28.3 Å². The second-order valence-electron chi connectivity index (χ2n) is 5.38. The molecule has 0 fully saturated rings. The van der Waals surface area contributed by atoms with E-state index in [1.807, 2.05) is 0 Å². The van der Waals surface area contributed by atoms with Crippen LogP contribution < -0.4 is 0 Å². The molecular weight excluding hydrogens is 390 g/mol. The van der Waals surface area contributed by atoms with Crippen LogP contribution in [-0.2, 0) is 36.8 Å². The van der Waals surface area contributed by atoms with E-state index in [1.165, 1.54) is 27.7 Å². The molecule has 0 aromatic carbocycles. The van der Waals surface area contributed by atoms with E-state index in [-0.39, 0.29) is 26.4 Å². The molecule has 0 saturated carbocycles. The van der Waals surface area contributed by atoms with Gasteiger partial charge in [0.15, 0.2) is 10.8 Å². The summed E-state index contributed by atoms with van der Waals surface area (Å²) < 4.78 is 47.3. The van der Waals surface area contributed by atoms with E-state index < -0.39 is 44.4 Å². The zero-order valence-corrected chi connectivity index (χ0v) is 17.5. The van der Waals surface area contributed by atoms with Crippen LogP contribution in [0.1, 0.15) is 41.0 Å². The lowest BCUT2D eigenvalue weighted by Gasteiger charge is -2.34. The molecule has 0 atom stereocenters. The van der Waals surface area contributed by atoms with Crippen LogP contribution in [0.4, 0.5) is 0 Å². The third-order valence-electron chi connectivity index (χ3n) is 3.50. The van der Waals surface area contributed by atoms with Crippen molar-refractivity contribution in [2.24, 2.45) is 5.41 Å². The third-order valence-corrected chi connectivity index (χ3v) is 9.50. The van der Waals surface area contributed by atoms with Crippen LogP contribution >= 0.6 is 15.2 Å². The molecule has 0 amide bonds. The van der Waals surface area contributed by atoms with Gasteiger partial charge in [-0.25, -0.2) is 0 Å². The molecule has 2 N–H and O–H groups in total. The Balaban J connectivity index is 6.42. The van der Waals surface area contributed by atoms with Crippen molar-refractivity contribution in [3.8, 4) is 0 Å². The molecule has 0 saturated heterocycles. The van der Waals surface area contributed by atoms with E-state index in [9.17, 15) is 28.9 Å². The number of hydrogen-bond donors (Lipinski definition) is 2. The number of carbonyl (C=O) groups is 2. The largest absolute Gasteiger partial charge is 0.480 e. The van der Waals surface area contributed by atoms with Gasteiger partial charge in [0.05, 0.1) is 26.4 Å². The molecule has 0 bridgehead atoms. The van der Waals surface area contributed by atoms with Crippen LogP contribution in [0.3, 0.4) is 0 Å². The average molecular weight is 418 g/mol. The van der Waals surface area contributed by atoms with Gasteiger partial charge in [-0.2, -0.15) is 0 Å². The van der Waals surface area contributed by atoms with Crippen LogP contribution in [0.5, 0.6) is 0 Å². The van der Waals surface area contributed by atoms with Crippen LogP contribution in [0.2, 0.25) is 0 Å². The lowest BCUT2D eigenvalue weighted by molar-refractivity contribution is -0.163. The maximum Gasteiger partial charge on any atom is 0.345 e. The minimum absolute atomic E-state index is 0.0944. The van der Waals surface area contributed by atoms with Crippen molar-refractivity contribution in [2.45, 2.75) is 46.4 Å². The Labute approximate surface area is 153 Å². The van der Waals surface area contributed by atoms with Gasteiger partial charge in [0.25, 0.3) is 0 Å². The van der Waals surface area contributed by atoms with E-state index in [1.54, 1.807) is 0 Å². The lowest BCUT2D eigenvalue weighted by atomic mass is 9.88. The quantitative estimate of drug-likeness (QED) is 0.318. The van der Waals surface area contributed by atoms with E-state index >= 15 is 0 Å².